The van der Waals surface area contributed by atoms with Gasteiger partial charge in [-0.15, -0.1) is 11.8 Å². The molecule has 27 heavy (non-hydrogen) atoms. The summed E-state index contributed by atoms with van der Waals surface area (Å²) in [6.07, 6.45) is -0.705. The molecule has 0 aromatic carbocycles. The second-order valence-corrected chi connectivity index (χ2v) is 10.6. The molecule has 1 saturated heterocycles. The summed E-state index contributed by atoms with van der Waals surface area (Å²) in [6, 6.07) is -0.702. The van der Waals surface area contributed by atoms with E-state index in [1.807, 2.05) is 0 Å². The minimum Gasteiger partial charge on any atom is -0.456 e. The molecule has 0 aromatic rings. The van der Waals surface area contributed by atoms with Crippen molar-refractivity contribution in [2.75, 3.05) is 12.4 Å². The molecule has 2 rings (SSSR count). The Morgan fingerprint density at radius 3 is 2.48 bits per heavy atom. The maximum atomic E-state index is 12.5. The lowest BCUT2D eigenvalue weighted by Crippen LogP contribution is -2.72. The van der Waals surface area contributed by atoms with Crippen molar-refractivity contribution in [2.24, 2.45) is 0 Å². The highest BCUT2D eigenvalue weighted by Crippen LogP contribution is 2.40. The number of β-lactam (4-membered cyclic amide) rings is 1. The standard InChI is InChI=1S/C15H20Cl3N3O5S/c1-7-5-27-11-8(19-20-13(24)26-14(2,3)4)10(22)21(11)9(7)12(23)25-6-15(16,17)18/h8,11,19H,5-6H2,1-4H3,(H,20,24)/t8-,11-/m1/s1. The van der Waals surface area contributed by atoms with Crippen LogP contribution in [0, 0.1) is 0 Å². The Morgan fingerprint density at radius 1 is 1.30 bits per heavy atom. The molecule has 12 heteroatoms. The van der Waals surface area contributed by atoms with Crippen LogP contribution >= 0.6 is 46.6 Å². The number of nitrogens with zero attached hydrogens (tertiary/aromatic N) is 1. The van der Waals surface area contributed by atoms with Gasteiger partial charge in [0, 0.05) is 5.75 Å². The number of rotatable bonds is 4. The second kappa shape index (κ2) is 8.24. The van der Waals surface area contributed by atoms with Gasteiger partial charge in [-0.1, -0.05) is 34.8 Å². The highest BCUT2D eigenvalue weighted by molar-refractivity contribution is 8.00. The zero-order valence-electron chi connectivity index (χ0n) is 15.1. The first-order valence-electron chi connectivity index (χ1n) is 7.93. The number of fused-ring (bicyclic) bond motifs is 1. The summed E-state index contributed by atoms with van der Waals surface area (Å²) >= 11 is 18.2. The van der Waals surface area contributed by atoms with E-state index in [0.717, 1.165) is 0 Å². The van der Waals surface area contributed by atoms with Gasteiger partial charge in [-0.3, -0.25) is 15.1 Å². The van der Waals surface area contributed by atoms with Gasteiger partial charge in [0.1, 0.15) is 29.3 Å². The molecule has 1 fully saturated rings. The van der Waals surface area contributed by atoms with Crippen LogP contribution in [0.4, 0.5) is 4.79 Å². The van der Waals surface area contributed by atoms with Crippen LogP contribution in [-0.2, 0) is 19.1 Å². The summed E-state index contributed by atoms with van der Waals surface area (Å²) in [5.41, 5.74) is 5.14. The number of alkyl halides is 3. The van der Waals surface area contributed by atoms with E-state index in [-0.39, 0.29) is 17.0 Å². The van der Waals surface area contributed by atoms with Crippen molar-refractivity contribution in [3.63, 3.8) is 0 Å². The summed E-state index contributed by atoms with van der Waals surface area (Å²) in [4.78, 5) is 37.9. The van der Waals surface area contributed by atoms with E-state index in [0.29, 0.717) is 11.3 Å². The fourth-order valence-electron chi connectivity index (χ4n) is 2.42. The summed E-state index contributed by atoms with van der Waals surface area (Å²) in [7, 11) is 0. The summed E-state index contributed by atoms with van der Waals surface area (Å²) < 4.78 is 8.36. The van der Waals surface area contributed by atoms with Crippen molar-refractivity contribution in [3.05, 3.63) is 11.3 Å². The number of carbonyl (C=O) groups is 3. The molecule has 0 aliphatic carbocycles. The zero-order valence-corrected chi connectivity index (χ0v) is 18.2. The quantitative estimate of drug-likeness (QED) is 0.288. The molecule has 0 spiro atoms. The smallest absolute Gasteiger partial charge is 0.422 e. The number of hydrazine groups is 1. The third kappa shape index (κ3) is 5.80. The lowest BCUT2D eigenvalue weighted by Gasteiger charge is -2.49. The van der Waals surface area contributed by atoms with Crippen molar-refractivity contribution in [2.45, 2.75) is 48.5 Å². The number of hydrogen-bond acceptors (Lipinski definition) is 7. The minimum absolute atomic E-state index is 0.133. The fourth-order valence-corrected chi connectivity index (χ4v) is 3.87. The molecule has 0 unspecified atom stereocenters. The van der Waals surface area contributed by atoms with E-state index in [9.17, 15) is 14.4 Å². The number of esters is 1. The Labute approximate surface area is 176 Å². The van der Waals surface area contributed by atoms with Crippen LogP contribution in [0.2, 0.25) is 0 Å². The maximum absolute atomic E-state index is 12.5. The molecule has 2 aliphatic heterocycles. The topological polar surface area (TPSA) is 97.0 Å². The summed E-state index contributed by atoms with van der Waals surface area (Å²) in [5, 5.41) is -0.383. The molecule has 0 saturated carbocycles. The number of halogens is 3. The Kier molecular flexibility index (Phi) is 6.85. The number of ether oxygens (including phenoxy) is 2. The highest BCUT2D eigenvalue weighted by Gasteiger charge is 2.53. The minimum atomic E-state index is -1.74. The Morgan fingerprint density at radius 2 is 1.93 bits per heavy atom. The Bertz CT molecular complexity index is 675. The first kappa shape index (κ1) is 22.4. The maximum Gasteiger partial charge on any atom is 0.422 e. The average molecular weight is 461 g/mol. The molecule has 0 bridgehead atoms. The number of carbonyl (C=O) groups excluding carboxylic acids is 3. The van der Waals surface area contributed by atoms with Crippen molar-refractivity contribution >= 4 is 64.5 Å². The lowest BCUT2D eigenvalue weighted by molar-refractivity contribution is -0.152. The molecular weight excluding hydrogens is 441 g/mol. The number of nitrogens with one attached hydrogen (secondary N) is 2. The van der Waals surface area contributed by atoms with Gasteiger partial charge in [-0.2, -0.15) is 0 Å². The zero-order chi connectivity index (χ0) is 20.6. The highest BCUT2D eigenvalue weighted by atomic mass is 35.6. The summed E-state index contributed by atoms with van der Waals surface area (Å²) in [6.45, 7) is 6.46. The summed E-state index contributed by atoms with van der Waals surface area (Å²) in [5.74, 6) is -0.614. The normalized spacial score (nSPS) is 22.8. The molecule has 0 aromatic heterocycles. The van der Waals surface area contributed by atoms with Crippen molar-refractivity contribution in [1.29, 1.82) is 0 Å². The molecular formula is C15H20Cl3N3O5S. The Hall–Kier alpha value is -0.870. The molecule has 152 valence electrons. The largest absolute Gasteiger partial charge is 0.456 e. The van der Waals surface area contributed by atoms with E-state index in [2.05, 4.69) is 10.9 Å². The van der Waals surface area contributed by atoms with E-state index in [1.54, 1.807) is 27.7 Å². The predicted octanol–water partition coefficient (Wildman–Crippen LogP) is 2.49. The van der Waals surface area contributed by atoms with E-state index >= 15 is 0 Å². The molecule has 2 N–H and O–H groups in total. The van der Waals surface area contributed by atoms with Crippen molar-refractivity contribution in [3.8, 4) is 0 Å². The second-order valence-electron chi connectivity index (χ2n) is 6.98. The van der Waals surface area contributed by atoms with Gasteiger partial charge in [0.2, 0.25) is 9.70 Å². The first-order chi connectivity index (χ1) is 12.3. The van der Waals surface area contributed by atoms with Gasteiger partial charge in [-0.05, 0) is 33.3 Å². The van der Waals surface area contributed by atoms with Crippen LogP contribution in [-0.4, -0.2) is 56.0 Å². The van der Waals surface area contributed by atoms with Crippen molar-refractivity contribution < 1.29 is 23.9 Å². The SMILES string of the molecule is CC1=C(C(=O)OCC(Cl)(Cl)Cl)N2C(=O)[C@@H](NNC(=O)OC(C)(C)C)[C@H]2SC1. The third-order valence-corrected chi connectivity index (χ3v) is 5.20. The van der Waals surface area contributed by atoms with Crippen LogP contribution < -0.4 is 10.9 Å². The van der Waals surface area contributed by atoms with Crippen molar-refractivity contribution in [1.82, 2.24) is 15.8 Å². The lowest BCUT2D eigenvalue weighted by atomic mass is 10.0. The van der Waals surface area contributed by atoms with Gasteiger partial charge >= 0.3 is 12.1 Å². The van der Waals surface area contributed by atoms with Crippen LogP contribution in [0.25, 0.3) is 0 Å². The van der Waals surface area contributed by atoms with Gasteiger partial charge in [-0.25, -0.2) is 15.0 Å². The molecule has 2 aliphatic rings. The molecule has 8 nitrogen and oxygen atoms in total. The monoisotopic (exact) mass is 459 g/mol. The number of hydrogen-bond donors (Lipinski definition) is 2. The van der Waals surface area contributed by atoms with E-state index < -0.39 is 34.1 Å². The number of thioether (sulfide) groups is 1. The van der Waals surface area contributed by atoms with Crippen LogP contribution in [0.1, 0.15) is 27.7 Å². The van der Waals surface area contributed by atoms with Gasteiger partial charge < -0.3 is 9.47 Å². The fraction of sp³-hybridized carbons (Fsp3) is 0.667. The van der Waals surface area contributed by atoms with Crippen LogP contribution in [0.15, 0.2) is 11.3 Å². The average Bonchev–Trinajstić information content (AvgIpc) is 2.50. The van der Waals surface area contributed by atoms with Crippen LogP contribution in [0.5, 0.6) is 0 Å². The van der Waals surface area contributed by atoms with Gasteiger partial charge in [0.15, 0.2) is 0 Å². The first-order valence-corrected chi connectivity index (χ1v) is 10.1. The predicted molar refractivity (Wildman–Crippen MR) is 103 cm³/mol. The van der Waals surface area contributed by atoms with E-state index in [1.165, 1.54) is 16.7 Å². The third-order valence-electron chi connectivity index (χ3n) is 3.45. The molecule has 2 heterocycles. The molecule has 2 amide bonds. The Balaban J connectivity index is 1.99. The van der Waals surface area contributed by atoms with Crippen LogP contribution in [0.3, 0.4) is 0 Å². The van der Waals surface area contributed by atoms with Gasteiger partial charge in [0.25, 0.3) is 0 Å². The molecule has 0 radical (unpaired) electrons. The van der Waals surface area contributed by atoms with Gasteiger partial charge in [0.05, 0.1) is 0 Å². The van der Waals surface area contributed by atoms with E-state index in [4.69, 9.17) is 44.3 Å². The number of amides is 2. The molecule has 2 atom stereocenters.